The standard InChI is InChI=1S/C57H102O15/c1-3-5-7-9-11-13-15-17-18-19-20-21-22-23-24-25-26-28-30-32-34-36-38-40-49(60)70-45(42-67-48(59)39-37-35-33-31-29-27-16-14-12-10-8-6-4-2)43-68-56-55(66)53(64)51(62)47(72-56)44-69-57-54(65)52(63)50(61)46(41-58)71-57/h14,16,25-26,32,34,45-47,50-58,61-66H,3-13,15,17-24,27-31,33,35-44H2,1-2H3/b16-14+,26-25+,34-32+/t45-,46+,47+,50-,51-,52?,53?,54?,55?,56+,57+/m1/s1. The number of ether oxygens (including phenoxy) is 6. The Balaban J connectivity index is 1.76. The Morgan fingerprint density at radius 1 is 0.431 bits per heavy atom. The number of rotatable bonds is 45. The lowest BCUT2D eigenvalue weighted by atomic mass is 9.98. The highest BCUT2D eigenvalue weighted by Gasteiger charge is 2.47. The van der Waals surface area contributed by atoms with Gasteiger partial charge in [0.1, 0.15) is 55.4 Å². The second kappa shape index (κ2) is 43.9. The van der Waals surface area contributed by atoms with Gasteiger partial charge in [-0.05, 0) is 70.6 Å². The first-order chi connectivity index (χ1) is 35.0. The summed E-state index contributed by atoms with van der Waals surface area (Å²) in [7, 11) is 0. The second-order valence-corrected chi connectivity index (χ2v) is 20.1. The van der Waals surface area contributed by atoms with Gasteiger partial charge < -0.3 is 64.2 Å². The molecule has 15 nitrogen and oxygen atoms in total. The third kappa shape index (κ3) is 30.9. The van der Waals surface area contributed by atoms with Crippen LogP contribution < -0.4 is 0 Å². The number of hydrogen-bond acceptors (Lipinski definition) is 15. The minimum atomic E-state index is -1.77. The largest absolute Gasteiger partial charge is 0.462 e. The summed E-state index contributed by atoms with van der Waals surface area (Å²) in [4.78, 5) is 25.8. The van der Waals surface area contributed by atoms with Crippen LogP contribution in [-0.2, 0) is 38.0 Å². The molecule has 0 aliphatic carbocycles. The molecule has 11 atom stereocenters. The second-order valence-electron chi connectivity index (χ2n) is 20.1. The molecule has 2 heterocycles. The molecule has 0 saturated carbocycles. The molecule has 0 amide bonds. The summed E-state index contributed by atoms with van der Waals surface area (Å²) in [6.45, 7) is 2.55. The van der Waals surface area contributed by atoms with Crippen molar-refractivity contribution in [2.24, 2.45) is 0 Å². The Labute approximate surface area is 434 Å². The Morgan fingerprint density at radius 2 is 0.819 bits per heavy atom. The van der Waals surface area contributed by atoms with Gasteiger partial charge in [-0.15, -0.1) is 0 Å². The van der Waals surface area contributed by atoms with Crippen LogP contribution in [0.25, 0.3) is 0 Å². The Hall–Kier alpha value is -2.28. The maximum Gasteiger partial charge on any atom is 0.306 e. The number of aliphatic hydroxyl groups is 7. The van der Waals surface area contributed by atoms with Gasteiger partial charge in [0.15, 0.2) is 18.7 Å². The molecule has 0 aromatic heterocycles. The zero-order valence-corrected chi connectivity index (χ0v) is 44.7. The van der Waals surface area contributed by atoms with Crippen molar-refractivity contribution in [2.45, 2.75) is 287 Å². The van der Waals surface area contributed by atoms with Crippen LogP contribution in [-0.4, -0.2) is 142 Å². The van der Waals surface area contributed by atoms with Gasteiger partial charge in [-0.1, -0.05) is 172 Å². The fourth-order valence-corrected chi connectivity index (χ4v) is 8.88. The van der Waals surface area contributed by atoms with Crippen LogP contribution in [0.15, 0.2) is 36.5 Å². The van der Waals surface area contributed by atoms with Crippen LogP contribution in [0.2, 0.25) is 0 Å². The Bertz CT molecular complexity index is 1390. The van der Waals surface area contributed by atoms with Crippen LogP contribution in [0.1, 0.15) is 219 Å². The zero-order chi connectivity index (χ0) is 52.4. The van der Waals surface area contributed by atoms with Gasteiger partial charge >= 0.3 is 11.9 Å². The minimum Gasteiger partial charge on any atom is -0.462 e. The van der Waals surface area contributed by atoms with Crippen molar-refractivity contribution < 1.29 is 73.8 Å². The fraction of sp³-hybridized carbons (Fsp3) is 0.860. The molecule has 72 heavy (non-hydrogen) atoms. The van der Waals surface area contributed by atoms with Gasteiger partial charge in [0.05, 0.1) is 19.8 Å². The van der Waals surface area contributed by atoms with Gasteiger partial charge in [-0.3, -0.25) is 9.59 Å². The predicted molar refractivity (Wildman–Crippen MR) is 280 cm³/mol. The third-order valence-electron chi connectivity index (χ3n) is 13.6. The molecule has 15 heteroatoms. The average molecular weight is 1030 g/mol. The van der Waals surface area contributed by atoms with Crippen LogP contribution in [0, 0.1) is 0 Å². The highest BCUT2D eigenvalue weighted by Crippen LogP contribution is 2.27. The molecule has 0 aromatic rings. The maximum atomic E-state index is 13.0. The molecule has 2 rings (SSSR count). The Morgan fingerprint density at radius 3 is 1.32 bits per heavy atom. The molecule has 420 valence electrons. The van der Waals surface area contributed by atoms with E-state index in [9.17, 15) is 45.3 Å². The van der Waals surface area contributed by atoms with E-state index in [0.717, 1.165) is 57.8 Å². The van der Waals surface area contributed by atoms with Crippen LogP contribution >= 0.6 is 0 Å². The molecule has 4 unspecified atom stereocenters. The van der Waals surface area contributed by atoms with Crippen molar-refractivity contribution in [3.8, 4) is 0 Å². The first-order valence-corrected chi connectivity index (χ1v) is 28.6. The van der Waals surface area contributed by atoms with E-state index in [0.29, 0.717) is 19.3 Å². The molecule has 2 fully saturated rings. The minimum absolute atomic E-state index is 0.105. The molecule has 7 N–H and O–H groups in total. The molecule has 0 bridgehead atoms. The van der Waals surface area contributed by atoms with Crippen molar-refractivity contribution >= 4 is 11.9 Å². The molecule has 0 spiro atoms. The van der Waals surface area contributed by atoms with E-state index in [-0.39, 0.29) is 19.4 Å². The topological polar surface area (TPSA) is 231 Å². The van der Waals surface area contributed by atoms with Gasteiger partial charge in [0.2, 0.25) is 0 Å². The SMILES string of the molecule is CCCCCC/C=C/CCCCCCCC(=O)OC[C@H](CO[C@H]1O[C@@H](CO[C@H]2O[C@@H](CO)[C@@H](O)C(O)C2O)[C@@H](O)C(O)C1O)OC(=O)CCC/C=C/CC/C=C/CCCCCCCCCCCCCCCC. The van der Waals surface area contributed by atoms with E-state index in [2.05, 4.69) is 50.3 Å². The van der Waals surface area contributed by atoms with E-state index in [4.69, 9.17) is 28.4 Å². The molecular weight excluding hydrogens is 925 g/mol. The Kier molecular flexibility index (Phi) is 40.1. The van der Waals surface area contributed by atoms with Crippen LogP contribution in [0.4, 0.5) is 0 Å². The highest BCUT2D eigenvalue weighted by atomic mass is 16.7. The molecule has 2 aliphatic rings. The number of allylic oxidation sites excluding steroid dienone is 6. The van der Waals surface area contributed by atoms with Crippen LogP contribution in [0.3, 0.4) is 0 Å². The number of unbranched alkanes of at least 4 members (excludes halogenated alkanes) is 25. The maximum absolute atomic E-state index is 13.0. The normalized spacial score (nSPS) is 25.2. The van der Waals surface area contributed by atoms with Gasteiger partial charge in [0, 0.05) is 12.8 Å². The number of aliphatic hydroxyl groups excluding tert-OH is 7. The van der Waals surface area contributed by atoms with E-state index >= 15 is 0 Å². The highest BCUT2D eigenvalue weighted by molar-refractivity contribution is 5.70. The molecular formula is C57H102O15. The quantitative estimate of drug-likeness (QED) is 0.0171. The molecule has 2 saturated heterocycles. The fourth-order valence-electron chi connectivity index (χ4n) is 8.88. The van der Waals surface area contributed by atoms with Gasteiger partial charge in [0.25, 0.3) is 0 Å². The zero-order valence-electron chi connectivity index (χ0n) is 44.7. The molecule has 0 aromatic carbocycles. The van der Waals surface area contributed by atoms with Crippen molar-refractivity contribution in [3.63, 3.8) is 0 Å². The van der Waals surface area contributed by atoms with Crippen molar-refractivity contribution in [3.05, 3.63) is 36.5 Å². The van der Waals surface area contributed by atoms with Crippen LogP contribution in [0.5, 0.6) is 0 Å². The lowest BCUT2D eigenvalue weighted by Gasteiger charge is -2.42. The summed E-state index contributed by atoms with van der Waals surface area (Å²) in [5.41, 5.74) is 0. The average Bonchev–Trinajstić information content (AvgIpc) is 3.37. The molecule has 0 radical (unpaired) electrons. The van der Waals surface area contributed by atoms with Gasteiger partial charge in [-0.25, -0.2) is 0 Å². The van der Waals surface area contributed by atoms with Crippen molar-refractivity contribution in [1.29, 1.82) is 0 Å². The number of carbonyl (C=O) groups is 2. The summed E-state index contributed by atoms with van der Waals surface area (Å²) in [6.07, 6.45) is 31.9. The van der Waals surface area contributed by atoms with E-state index in [1.165, 1.54) is 116 Å². The monoisotopic (exact) mass is 1030 g/mol. The predicted octanol–water partition coefficient (Wildman–Crippen LogP) is 9.27. The summed E-state index contributed by atoms with van der Waals surface area (Å²) in [5, 5.41) is 72.2. The third-order valence-corrected chi connectivity index (χ3v) is 13.6. The lowest BCUT2D eigenvalue weighted by Crippen LogP contribution is -2.61. The van der Waals surface area contributed by atoms with Crippen molar-refractivity contribution in [1.82, 2.24) is 0 Å². The molecule has 2 aliphatic heterocycles. The smallest absolute Gasteiger partial charge is 0.306 e. The number of esters is 2. The summed E-state index contributed by atoms with van der Waals surface area (Å²) in [6, 6.07) is 0. The summed E-state index contributed by atoms with van der Waals surface area (Å²) >= 11 is 0. The number of hydrogen-bond donors (Lipinski definition) is 7. The van der Waals surface area contributed by atoms with E-state index in [1.807, 2.05) is 0 Å². The summed E-state index contributed by atoms with van der Waals surface area (Å²) < 4.78 is 33.6. The summed E-state index contributed by atoms with van der Waals surface area (Å²) in [5.74, 6) is -0.980. The van der Waals surface area contributed by atoms with E-state index in [1.54, 1.807) is 0 Å². The van der Waals surface area contributed by atoms with E-state index < -0.39 is 99.3 Å². The van der Waals surface area contributed by atoms with Crippen molar-refractivity contribution in [2.75, 3.05) is 26.4 Å². The first-order valence-electron chi connectivity index (χ1n) is 28.6. The first kappa shape index (κ1) is 65.8. The number of carbonyl (C=O) groups excluding carboxylic acids is 2. The van der Waals surface area contributed by atoms with Gasteiger partial charge in [-0.2, -0.15) is 0 Å². The lowest BCUT2D eigenvalue weighted by molar-refractivity contribution is -0.332.